The van der Waals surface area contributed by atoms with E-state index in [4.69, 9.17) is 0 Å². The van der Waals surface area contributed by atoms with E-state index >= 15 is 0 Å². The zero-order chi connectivity index (χ0) is 14.8. The van der Waals surface area contributed by atoms with Crippen LogP contribution in [0.4, 0.5) is 0 Å². The third-order valence-electron chi connectivity index (χ3n) is 3.67. The van der Waals surface area contributed by atoms with Crippen LogP contribution in [0, 0.1) is 6.92 Å². The van der Waals surface area contributed by atoms with Crippen LogP contribution in [0.3, 0.4) is 0 Å². The molecule has 0 amide bonds. The monoisotopic (exact) mass is 282 g/mol. The highest BCUT2D eigenvalue weighted by molar-refractivity contribution is 5.35. The van der Waals surface area contributed by atoms with Crippen LogP contribution < -0.4 is 11.0 Å². The first-order valence-electron chi connectivity index (χ1n) is 6.97. The minimum absolute atomic E-state index is 0.0493. The van der Waals surface area contributed by atoms with E-state index in [1.54, 1.807) is 10.6 Å². The Balaban J connectivity index is 1.94. The molecule has 0 fully saturated rings. The fourth-order valence-electron chi connectivity index (χ4n) is 2.42. The van der Waals surface area contributed by atoms with Crippen LogP contribution in [0.1, 0.15) is 17.2 Å². The molecular formula is C16H18N4O. The molecule has 108 valence electrons. The summed E-state index contributed by atoms with van der Waals surface area (Å²) in [5, 5.41) is 7.62. The van der Waals surface area contributed by atoms with Crippen LogP contribution in [0.5, 0.6) is 0 Å². The average molecular weight is 282 g/mol. The Kier molecular flexibility index (Phi) is 3.58. The van der Waals surface area contributed by atoms with Crippen molar-refractivity contribution in [2.75, 3.05) is 7.05 Å². The summed E-state index contributed by atoms with van der Waals surface area (Å²) >= 11 is 0. The summed E-state index contributed by atoms with van der Waals surface area (Å²) in [5.41, 5.74) is 2.92. The Bertz CT molecular complexity index is 801. The molecule has 1 aromatic carbocycles. The predicted octanol–water partition coefficient (Wildman–Crippen LogP) is 1.77. The number of nitrogens with one attached hydrogen (secondary N) is 1. The van der Waals surface area contributed by atoms with Crippen molar-refractivity contribution in [1.82, 2.24) is 19.5 Å². The number of hydrogen-bond acceptors (Lipinski definition) is 3. The lowest BCUT2D eigenvalue weighted by molar-refractivity contribution is 0.458. The molecule has 5 heteroatoms. The molecule has 1 unspecified atom stereocenters. The number of hydrogen-bond donors (Lipinski definition) is 1. The molecule has 2 aromatic heterocycles. The third kappa shape index (κ3) is 2.60. The van der Waals surface area contributed by atoms with E-state index in [-0.39, 0.29) is 11.7 Å². The maximum absolute atomic E-state index is 12.3. The van der Waals surface area contributed by atoms with Gasteiger partial charge in [-0.1, -0.05) is 35.9 Å². The smallest absolute Gasteiger partial charge is 0.311 e. The zero-order valence-electron chi connectivity index (χ0n) is 12.2. The van der Waals surface area contributed by atoms with Gasteiger partial charge in [0.25, 0.3) is 0 Å². The molecule has 0 saturated carbocycles. The van der Waals surface area contributed by atoms with Crippen molar-refractivity contribution in [3.05, 3.63) is 70.3 Å². The number of rotatable bonds is 4. The van der Waals surface area contributed by atoms with E-state index in [0.29, 0.717) is 12.2 Å². The molecular weight excluding hydrogens is 264 g/mol. The van der Waals surface area contributed by atoms with Gasteiger partial charge in [0, 0.05) is 6.20 Å². The van der Waals surface area contributed by atoms with Gasteiger partial charge in [0.15, 0.2) is 5.65 Å². The van der Waals surface area contributed by atoms with Crippen molar-refractivity contribution in [2.24, 2.45) is 0 Å². The van der Waals surface area contributed by atoms with Crippen molar-refractivity contribution >= 4 is 5.65 Å². The van der Waals surface area contributed by atoms with Crippen LogP contribution in [0.2, 0.25) is 0 Å². The lowest BCUT2D eigenvalue weighted by atomic mass is 10.1. The molecule has 0 saturated heterocycles. The number of likely N-dealkylation sites (N-methyl/N-ethyl adjacent to an activating group) is 1. The second-order valence-corrected chi connectivity index (χ2v) is 5.15. The molecule has 1 atom stereocenters. The average Bonchev–Trinajstić information content (AvgIpc) is 2.83. The number of aromatic nitrogens is 3. The quantitative estimate of drug-likeness (QED) is 0.793. The number of fused-ring (bicyclic) bond motifs is 1. The normalized spacial score (nSPS) is 12.7. The van der Waals surface area contributed by atoms with E-state index in [1.165, 1.54) is 10.2 Å². The minimum atomic E-state index is -0.113. The van der Waals surface area contributed by atoms with Gasteiger partial charge >= 0.3 is 5.69 Å². The van der Waals surface area contributed by atoms with Gasteiger partial charge in [-0.05, 0) is 31.7 Å². The largest absolute Gasteiger partial charge is 0.350 e. The second-order valence-electron chi connectivity index (χ2n) is 5.15. The lowest BCUT2D eigenvalue weighted by Gasteiger charge is -2.16. The highest BCUT2D eigenvalue weighted by Crippen LogP contribution is 2.15. The van der Waals surface area contributed by atoms with Crippen molar-refractivity contribution in [3.8, 4) is 0 Å². The molecule has 0 radical (unpaired) electrons. The van der Waals surface area contributed by atoms with Crippen molar-refractivity contribution in [1.29, 1.82) is 0 Å². The molecule has 1 N–H and O–H groups in total. The highest BCUT2D eigenvalue weighted by atomic mass is 16.2. The van der Waals surface area contributed by atoms with Crippen LogP contribution in [0.25, 0.3) is 5.65 Å². The molecule has 0 bridgehead atoms. The number of benzene rings is 1. The van der Waals surface area contributed by atoms with E-state index in [0.717, 1.165) is 5.56 Å². The zero-order valence-corrected chi connectivity index (χ0v) is 12.2. The maximum Gasteiger partial charge on any atom is 0.350 e. The van der Waals surface area contributed by atoms with Gasteiger partial charge in [-0.15, -0.1) is 5.10 Å². The summed E-state index contributed by atoms with van der Waals surface area (Å²) in [4.78, 5) is 12.3. The van der Waals surface area contributed by atoms with E-state index in [2.05, 4.69) is 41.6 Å². The van der Waals surface area contributed by atoms with Gasteiger partial charge in [0.05, 0.1) is 12.6 Å². The van der Waals surface area contributed by atoms with Crippen LogP contribution in [0.15, 0.2) is 53.5 Å². The van der Waals surface area contributed by atoms with Crippen molar-refractivity contribution in [2.45, 2.75) is 19.5 Å². The number of aryl methyl sites for hydroxylation is 1. The third-order valence-corrected chi connectivity index (χ3v) is 3.67. The van der Waals surface area contributed by atoms with Crippen LogP contribution in [-0.4, -0.2) is 21.2 Å². The summed E-state index contributed by atoms with van der Waals surface area (Å²) in [7, 11) is 1.89. The fourth-order valence-corrected chi connectivity index (χ4v) is 2.42. The molecule has 0 spiro atoms. The van der Waals surface area contributed by atoms with Crippen molar-refractivity contribution < 1.29 is 0 Å². The highest BCUT2D eigenvalue weighted by Gasteiger charge is 2.13. The van der Waals surface area contributed by atoms with Crippen LogP contribution >= 0.6 is 0 Å². The molecule has 2 heterocycles. The van der Waals surface area contributed by atoms with Crippen molar-refractivity contribution in [3.63, 3.8) is 0 Å². The van der Waals surface area contributed by atoms with Gasteiger partial charge in [0.2, 0.25) is 0 Å². The molecule has 0 aliphatic carbocycles. The molecule has 3 rings (SSSR count). The summed E-state index contributed by atoms with van der Waals surface area (Å²) in [6.45, 7) is 2.56. The van der Waals surface area contributed by atoms with E-state index in [1.807, 2.05) is 25.2 Å². The Morgan fingerprint density at radius 2 is 1.95 bits per heavy atom. The Labute approximate surface area is 122 Å². The van der Waals surface area contributed by atoms with Gasteiger partial charge in [0.1, 0.15) is 0 Å². The molecule has 3 aromatic rings. The summed E-state index contributed by atoms with van der Waals surface area (Å²) < 4.78 is 3.07. The van der Waals surface area contributed by atoms with Gasteiger partial charge in [-0.25, -0.2) is 9.48 Å². The first-order valence-corrected chi connectivity index (χ1v) is 6.97. The number of pyridine rings is 1. The fraction of sp³-hybridized carbons (Fsp3) is 0.250. The van der Waals surface area contributed by atoms with Crippen LogP contribution in [-0.2, 0) is 6.54 Å². The Hall–Kier alpha value is -2.40. The van der Waals surface area contributed by atoms with E-state index < -0.39 is 0 Å². The summed E-state index contributed by atoms with van der Waals surface area (Å²) in [5.74, 6) is 0. The molecule has 21 heavy (non-hydrogen) atoms. The summed E-state index contributed by atoms with van der Waals surface area (Å²) in [6, 6.07) is 13.9. The van der Waals surface area contributed by atoms with E-state index in [9.17, 15) is 4.79 Å². The van der Waals surface area contributed by atoms with Gasteiger partial charge in [-0.2, -0.15) is 0 Å². The first-order chi connectivity index (χ1) is 10.2. The Morgan fingerprint density at radius 1 is 1.19 bits per heavy atom. The second kappa shape index (κ2) is 5.54. The molecule has 0 aliphatic heterocycles. The SMILES string of the molecule is CNC(Cn1nc2ccccn2c1=O)c1ccc(C)cc1. The maximum atomic E-state index is 12.3. The summed E-state index contributed by atoms with van der Waals surface area (Å²) in [6.07, 6.45) is 1.74. The predicted molar refractivity (Wildman–Crippen MR) is 82.4 cm³/mol. The Morgan fingerprint density at radius 3 is 2.62 bits per heavy atom. The molecule has 0 aliphatic rings. The van der Waals surface area contributed by atoms with Gasteiger partial charge < -0.3 is 5.32 Å². The number of nitrogens with zero attached hydrogens (tertiary/aromatic N) is 3. The molecule has 5 nitrogen and oxygen atoms in total. The first kappa shape index (κ1) is 13.6. The lowest BCUT2D eigenvalue weighted by Crippen LogP contribution is -2.29. The van der Waals surface area contributed by atoms with Gasteiger partial charge in [-0.3, -0.25) is 4.40 Å². The standard InChI is InChI=1S/C16H18N4O/c1-12-6-8-13(9-7-12)14(17-2)11-20-16(21)19-10-4-3-5-15(19)18-20/h3-10,14,17H,11H2,1-2H3. The topological polar surface area (TPSA) is 51.3 Å². The minimum Gasteiger partial charge on any atom is -0.311 e.